The van der Waals surface area contributed by atoms with E-state index in [9.17, 15) is 4.79 Å². The summed E-state index contributed by atoms with van der Waals surface area (Å²) in [5.74, 6) is 1.84. The highest BCUT2D eigenvalue weighted by Crippen LogP contribution is 2.34. The van der Waals surface area contributed by atoms with E-state index >= 15 is 0 Å². The van der Waals surface area contributed by atoms with Crippen molar-refractivity contribution in [3.05, 3.63) is 69.1 Å². The van der Waals surface area contributed by atoms with Gasteiger partial charge in [0.15, 0.2) is 0 Å². The molecule has 0 aliphatic carbocycles. The molecule has 0 saturated heterocycles. The first-order valence-corrected chi connectivity index (χ1v) is 9.78. The van der Waals surface area contributed by atoms with Gasteiger partial charge in [-0.3, -0.25) is 4.79 Å². The number of halogens is 1. The maximum Gasteiger partial charge on any atom is 0.316 e. The SMILES string of the molecule is CCc1c(Nc2nc(=O)c(OC)cn2Cc2cccc(Cl)c2)cc(OC)cc1OC. The third kappa shape index (κ3) is 4.68. The predicted octanol–water partition coefficient (Wildman–Crippen LogP) is 4.28. The highest BCUT2D eigenvalue weighted by atomic mass is 35.5. The van der Waals surface area contributed by atoms with E-state index < -0.39 is 5.56 Å². The van der Waals surface area contributed by atoms with Gasteiger partial charge in [-0.2, -0.15) is 4.98 Å². The van der Waals surface area contributed by atoms with Crippen LogP contribution in [0.5, 0.6) is 17.2 Å². The second kappa shape index (κ2) is 9.54. The van der Waals surface area contributed by atoms with E-state index in [1.807, 2.05) is 43.3 Å². The number of hydrogen-bond acceptors (Lipinski definition) is 6. The average Bonchev–Trinajstić information content (AvgIpc) is 2.74. The highest BCUT2D eigenvalue weighted by molar-refractivity contribution is 6.30. The van der Waals surface area contributed by atoms with Crippen molar-refractivity contribution in [1.82, 2.24) is 9.55 Å². The molecular weight excluding hydrogens is 406 g/mol. The maximum atomic E-state index is 12.4. The summed E-state index contributed by atoms with van der Waals surface area (Å²) in [6.07, 6.45) is 2.34. The number of nitrogens with one attached hydrogen (secondary N) is 1. The zero-order chi connectivity index (χ0) is 21.7. The van der Waals surface area contributed by atoms with E-state index in [1.54, 1.807) is 25.0 Å². The first-order chi connectivity index (χ1) is 14.5. The van der Waals surface area contributed by atoms with Crippen LogP contribution in [0.3, 0.4) is 0 Å². The van der Waals surface area contributed by atoms with Crippen molar-refractivity contribution in [2.75, 3.05) is 26.6 Å². The van der Waals surface area contributed by atoms with E-state index in [4.69, 9.17) is 25.8 Å². The molecule has 1 heterocycles. The van der Waals surface area contributed by atoms with Crippen molar-refractivity contribution in [2.24, 2.45) is 0 Å². The Bertz CT molecular complexity index is 1100. The molecular formula is C22H24ClN3O4. The second-order valence-corrected chi connectivity index (χ2v) is 6.97. The third-order valence-corrected chi connectivity index (χ3v) is 4.90. The molecule has 1 N–H and O–H groups in total. The minimum Gasteiger partial charge on any atom is -0.497 e. The van der Waals surface area contributed by atoms with Gasteiger partial charge in [0.25, 0.3) is 0 Å². The Morgan fingerprint density at radius 1 is 1.07 bits per heavy atom. The summed E-state index contributed by atoms with van der Waals surface area (Å²) in [5, 5.41) is 3.90. The molecule has 3 aromatic rings. The number of rotatable bonds is 8. The van der Waals surface area contributed by atoms with Gasteiger partial charge >= 0.3 is 5.56 Å². The first kappa shape index (κ1) is 21.5. The molecule has 158 valence electrons. The quantitative estimate of drug-likeness (QED) is 0.576. The molecule has 2 aromatic carbocycles. The fourth-order valence-electron chi connectivity index (χ4n) is 3.18. The van der Waals surface area contributed by atoms with Gasteiger partial charge in [-0.1, -0.05) is 30.7 Å². The average molecular weight is 430 g/mol. The van der Waals surface area contributed by atoms with Gasteiger partial charge in [-0.25, -0.2) is 0 Å². The lowest BCUT2D eigenvalue weighted by molar-refractivity contribution is 0.392. The van der Waals surface area contributed by atoms with Crippen LogP contribution in [0.1, 0.15) is 18.1 Å². The number of aromatic nitrogens is 2. The second-order valence-electron chi connectivity index (χ2n) is 6.53. The summed E-state index contributed by atoms with van der Waals surface area (Å²) >= 11 is 6.13. The topological polar surface area (TPSA) is 74.6 Å². The lowest BCUT2D eigenvalue weighted by Gasteiger charge is -2.19. The van der Waals surface area contributed by atoms with Crippen LogP contribution in [0.4, 0.5) is 11.6 Å². The summed E-state index contributed by atoms with van der Waals surface area (Å²) in [5.41, 5.74) is 2.18. The standard InChI is InChI=1S/C22H24ClN3O4/c1-5-17-18(10-16(28-2)11-19(17)29-3)24-22-25-21(27)20(30-4)13-26(22)12-14-7-6-8-15(23)9-14/h6-11,13H,5,12H2,1-4H3,(H,24,25,27). The maximum absolute atomic E-state index is 12.4. The Morgan fingerprint density at radius 3 is 2.47 bits per heavy atom. The fraction of sp³-hybridized carbons (Fsp3) is 0.273. The zero-order valence-electron chi connectivity index (χ0n) is 17.4. The first-order valence-electron chi connectivity index (χ1n) is 9.40. The van der Waals surface area contributed by atoms with Gasteiger partial charge < -0.3 is 24.1 Å². The molecule has 1 aromatic heterocycles. The van der Waals surface area contributed by atoms with Gasteiger partial charge in [-0.15, -0.1) is 0 Å². The third-order valence-electron chi connectivity index (χ3n) is 4.66. The molecule has 0 saturated carbocycles. The molecule has 0 aliphatic heterocycles. The van der Waals surface area contributed by atoms with Crippen molar-refractivity contribution in [1.29, 1.82) is 0 Å². The lowest BCUT2D eigenvalue weighted by atomic mass is 10.1. The van der Waals surface area contributed by atoms with Crippen molar-refractivity contribution in [2.45, 2.75) is 19.9 Å². The summed E-state index contributed by atoms with van der Waals surface area (Å²) < 4.78 is 17.9. The molecule has 3 rings (SSSR count). The molecule has 0 fully saturated rings. The van der Waals surface area contributed by atoms with Crippen LogP contribution in [-0.4, -0.2) is 30.9 Å². The molecule has 0 aliphatic rings. The summed E-state index contributed by atoms with van der Waals surface area (Å²) in [6, 6.07) is 11.2. The molecule has 0 radical (unpaired) electrons. The van der Waals surface area contributed by atoms with Crippen molar-refractivity contribution in [3.63, 3.8) is 0 Å². The largest absolute Gasteiger partial charge is 0.497 e. The van der Waals surface area contributed by atoms with Crippen molar-refractivity contribution < 1.29 is 14.2 Å². The Morgan fingerprint density at radius 2 is 1.83 bits per heavy atom. The van der Waals surface area contributed by atoms with Crippen LogP contribution in [-0.2, 0) is 13.0 Å². The van der Waals surface area contributed by atoms with E-state index in [0.29, 0.717) is 35.4 Å². The molecule has 0 spiro atoms. The molecule has 0 bridgehead atoms. The molecule has 8 heteroatoms. The van der Waals surface area contributed by atoms with Gasteiger partial charge in [0, 0.05) is 22.7 Å². The predicted molar refractivity (Wildman–Crippen MR) is 118 cm³/mol. The van der Waals surface area contributed by atoms with Crippen molar-refractivity contribution >= 4 is 23.2 Å². The molecule has 0 unspecified atom stereocenters. The number of methoxy groups -OCH3 is 3. The summed E-state index contributed by atoms with van der Waals surface area (Å²) in [6.45, 7) is 2.46. The Hall–Kier alpha value is -3.19. The van der Waals surface area contributed by atoms with E-state index in [0.717, 1.165) is 16.8 Å². The van der Waals surface area contributed by atoms with Gasteiger partial charge in [0.2, 0.25) is 11.7 Å². The minimum absolute atomic E-state index is 0.154. The van der Waals surface area contributed by atoms with Crippen molar-refractivity contribution in [3.8, 4) is 17.2 Å². The van der Waals surface area contributed by atoms with Crippen LogP contribution in [0.25, 0.3) is 0 Å². The number of hydrogen-bond donors (Lipinski definition) is 1. The van der Waals surface area contributed by atoms with E-state index in [2.05, 4.69) is 10.3 Å². The van der Waals surface area contributed by atoms with Gasteiger partial charge in [0.1, 0.15) is 11.5 Å². The molecule has 0 amide bonds. The van der Waals surface area contributed by atoms with Crippen LogP contribution < -0.4 is 25.1 Å². The smallest absolute Gasteiger partial charge is 0.316 e. The molecule has 7 nitrogen and oxygen atoms in total. The lowest BCUT2D eigenvalue weighted by Crippen LogP contribution is -2.19. The monoisotopic (exact) mass is 429 g/mol. The van der Waals surface area contributed by atoms with Gasteiger partial charge in [0.05, 0.1) is 39.8 Å². The Labute approximate surface area is 180 Å². The van der Waals surface area contributed by atoms with Crippen LogP contribution in [0.15, 0.2) is 47.4 Å². The number of benzene rings is 2. The Balaban J connectivity index is 2.09. The zero-order valence-corrected chi connectivity index (χ0v) is 18.1. The van der Waals surface area contributed by atoms with Gasteiger partial charge in [-0.05, 0) is 24.1 Å². The van der Waals surface area contributed by atoms with E-state index in [-0.39, 0.29) is 5.75 Å². The summed E-state index contributed by atoms with van der Waals surface area (Å²) in [4.78, 5) is 16.6. The number of nitrogens with zero attached hydrogens (tertiary/aromatic N) is 2. The Kier molecular flexibility index (Phi) is 6.84. The molecule has 0 atom stereocenters. The fourth-order valence-corrected chi connectivity index (χ4v) is 3.40. The number of ether oxygens (including phenoxy) is 3. The highest BCUT2D eigenvalue weighted by Gasteiger charge is 2.15. The van der Waals surface area contributed by atoms with E-state index in [1.165, 1.54) is 7.11 Å². The minimum atomic E-state index is -0.463. The van der Waals surface area contributed by atoms with Crippen LogP contribution in [0.2, 0.25) is 5.02 Å². The number of anilines is 2. The normalized spacial score (nSPS) is 10.6. The summed E-state index contributed by atoms with van der Waals surface area (Å²) in [7, 11) is 4.64. The molecule has 30 heavy (non-hydrogen) atoms. The van der Waals surface area contributed by atoms with Crippen LogP contribution >= 0.6 is 11.6 Å². The van der Waals surface area contributed by atoms with Crippen LogP contribution in [0, 0.1) is 0 Å².